The quantitative estimate of drug-likeness (QED) is 0.802. The van der Waals surface area contributed by atoms with E-state index in [4.69, 9.17) is 11.6 Å². The van der Waals surface area contributed by atoms with Crippen LogP contribution in [0.2, 0.25) is 5.02 Å². The molecule has 0 unspecified atom stereocenters. The van der Waals surface area contributed by atoms with Crippen molar-refractivity contribution in [3.05, 3.63) is 47.1 Å². The van der Waals surface area contributed by atoms with Gasteiger partial charge in [-0.1, -0.05) is 11.6 Å². The highest BCUT2D eigenvalue weighted by molar-refractivity contribution is 6.31. The number of rotatable bonds is 5. The van der Waals surface area contributed by atoms with Crippen molar-refractivity contribution in [3.63, 3.8) is 0 Å². The number of ether oxygens (including phenoxy) is 1. The molecule has 0 atom stereocenters. The summed E-state index contributed by atoms with van der Waals surface area (Å²) in [4.78, 5) is 18.4. The Hall–Kier alpha value is -2.48. The number of pyridine rings is 1. The van der Waals surface area contributed by atoms with Crippen LogP contribution in [0.4, 0.5) is 24.5 Å². The van der Waals surface area contributed by atoms with Crippen LogP contribution in [0.3, 0.4) is 0 Å². The molecule has 1 aromatic heterocycles. The lowest BCUT2D eigenvalue weighted by atomic mass is 10.2. The van der Waals surface area contributed by atoms with Gasteiger partial charge in [-0.15, -0.1) is 0 Å². The number of aromatic nitrogens is 1. The monoisotopic (exact) mass is 399 g/mol. The molecule has 2 heterocycles. The number of amides is 1. The van der Waals surface area contributed by atoms with E-state index in [2.05, 4.69) is 19.9 Å². The fourth-order valence-corrected chi connectivity index (χ4v) is 2.96. The minimum Gasteiger partial charge on any atom is -0.468 e. The molecule has 27 heavy (non-hydrogen) atoms. The van der Waals surface area contributed by atoms with Crippen LogP contribution in [0.15, 0.2) is 36.5 Å². The van der Waals surface area contributed by atoms with Gasteiger partial charge in [0.25, 0.3) is 5.91 Å². The topological polar surface area (TPSA) is 54.5 Å². The number of halogens is 4. The van der Waals surface area contributed by atoms with Gasteiger partial charge >= 0.3 is 6.18 Å². The Morgan fingerprint density at radius 1 is 1.22 bits per heavy atom. The maximum absolute atomic E-state index is 12.5. The molecule has 1 N–H and O–H groups in total. The maximum Gasteiger partial charge on any atom is 0.422 e. The van der Waals surface area contributed by atoms with Gasteiger partial charge in [-0.2, -0.15) is 13.2 Å². The van der Waals surface area contributed by atoms with Crippen LogP contribution in [-0.4, -0.2) is 36.8 Å². The van der Waals surface area contributed by atoms with Crippen molar-refractivity contribution in [1.29, 1.82) is 0 Å². The average molecular weight is 400 g/mol. The first-order chi connectivity index (χ1) is 12.8. The number of anilines is 2. The van der Waals surface area contributed by atoms with E-state index in [9.17, 15) is 18.0 Å². The number of carbonyl (C=O) groups is 1. The molecule has 1 aromatic carbocycles. The SMILES string of the molecule is O=C(Nc1cc(Cl)ccc1N1CCCC1)c1ccc(OCC(F)(F)F)nc1. The third-order valence-corrected chi connectivity index (χ3v) is 4.27. The number of alkyl halides is 3. The zero-order valence-electron chi connectivity index (χ0n) is 14.2. The van der Waals surface area contributed by atoms with Gasteiger partial charge in [0.2, 0.25) is 5.88 Å². The van der Waals surface area contributed by atoms with E-state index in [0.29, 0.717) is 10.7 Å². The highest BCUT2D eigenvalue weighted by atomic mass is 35.5. The Morgan fingerprint density at radius 3 is 2.59 bits per heavy atom. The van der Waals surface area contributed by atoms with Crippen LogP contribution < -0.4 is 15.0 Å². The average Bonchev–Trinajstić information content (AvgIpc) is 3.14. The van der Waals surface area contributed by atoms with Gasteiger partial charge in [-0.25, -0.2) is 4.98 Å². The van der Waals surface area contributed by atoms with Crippen molar-refractivity contribution in [2.24, 2.45) is 0 Å². The standard InChI is InChI=1S/C18H17ClF3N3O2/c19-13-4-5-15(25-7-1-2-8-25)14(9-13)24-17(26)12-3-6-16(23-10-12)27-11-18(20,21)22/h3-6,9-10H,1-2,7-8,11H2,(H,24,26). The van der Waals surface area contributed by atoms with E-state index in [-0.39, 0.29) is 11.4 Å². The van der Waals surface area contributed by atoms with E-state index in [1.54, 1.807) is 12.1 Å². The number of nitrogens with zero attached hydrogens (tertiary/aromatic N) is 2. The molecule has 2 aromatic rings. The number of hydrogen-bond acceptors (Lipinski definition) is 4. The third-order valence-electron chi connectivity index (χ3n) is 4.04. The van der Waals surface area contributed by atoms with E-state index in [0.717, 1.165) is 31.6 Å². The minimum absolute atomic E-state index is 0.196. The summed E-state index contributed by atoms with van der Waals surface area (Å²) in [5.74, 6) is -0.642. The second-order valence-corrected chi connectivity index (χ2v) is 6.54. The van der Waals surface area contributed by atoms with Crippen LogP contribution in [-0.2, 0) is 0 Å². The Kier molecular flexibility index (Phi) is 5.74. The van der Waals surface area contributed by atoms with Gasteiger partial charge < -0.3 is 15.0 Å². The summed E-state index contributed by atoms with van der Waals surface area (Å²) in [6.45, 7) is 0.363. The van der Waals surface area contributed by atoms with Crippen LogP contribution in [0.25, 0.3) is 0 Å². The van der Waals surface area contributed by atoms with Crippen molar-refractivity contribution < 1.29 is 22.7 Å². The predicted octanol–water partition coefficient (Wildman–Crippen LogP) is 4.53. The molecule has 5 nitrogen and oxygen atoms in total. The van der Waals surface area contributed by atoms with Crippen LogP contribution in [0.5, 0.6) is 5.88 Å². The molecule has 1 aliphatic rings. The summed E-state index contributed by atoms with van der Waals surface area (Å²) >= 11 is 6.05. The minimum atomic E-state index is -4.45. The molecule has 3 rings (SSSR count). The number of hydrogen-bond donors (Lipinski definition) is 1. The summed E-state index contributed by atoms with van der Waals surface area (Å²) in [5, 5.41) is 3.28. The Morgan fingerprint density at radius 2 is 1.96 bits per heavy atom. The van der Waals surface area contributed by atoms with Crippen LogP contribution in [0, 0.1) is 0 Å². The van der Waals surface area contributed by atoms with Gasteiger partial charge in [-0.05, 0) is 37.1 Å². The highest BCUT2D eigenvalue weighted by Crippen LogP contribution is 2.32. The molecule has 144 valence electrons. The third kappa shape index (κ3) is 5.26. The van der Waals surface area contributed by atoms with Crippen molar-refractivity contribution in [1.82, 2.24) is 4.98 Å². The Balaban J connectivity index is 1.71. The lowest BCUT2D eigenvalue weighted by molar-refractivity contribution is -0.154. The van der Waals surface area contributed by atoms with Crippen LogP contribution in [0.1, 0.15) is 23.2 Å². The van der Waals surface area contributed by atoms with Gasteiger partial charge in [0.1, 0.15) is 0 Å². The molecule has 1 amide bonds. The lowest BCUT2D eigenvalue weighted by Crippen LogP contribution is -2.21. The zero-order chi connectivity index (χ0) is 19.4. The summed E-state index contributed by atoms with van der Waals surface area (Å²) < 4.78 is 41.0. The van der Waals surface area contributed by atoms with Crippen molar-refractivity contribution >= 4 is 28.9 Å². The lowest BCUT2D eigenvalue weighted by Gasteiger charge is -2.22. The molecule has 9 heteroatoms. The van der Waals surface area contributed by atoms with Crippen molar-refractivity contribution in [2.75, 3.05) is 29.9 Å². The first-order valence-corrected chi connectivity index (χ1v) is 8.71. The first-order valence-electron chi connectivity index (χ1n) is 8.33. The van der Waals surface area contributed by atoms with Gasteiger partial charge in [0.15, 0.2) is 6.61 Å². The molecule has 1 saturated heterocycles. The molecule has 1 aliphatic heterocycles. The number of benzene rings is 1. The predicted molar refractivity (Wildman–Crippen MR) is 96.6 cm³/mol. The fraction of sp³-hybridized carbons (Fsp3) is 0.333. The maximum atomic E-state index is 12.5. The summed E-state index contributed by atoms with van der Waals surface area (Å²) in [6.07, 6.45) is -1.12. The molecule has 1 fully saturated rings. The van der Waals surface area contributed by atoms with Crippen LogP contribution >= 0.6 is 11.6 Å². The number of nitrogens with one attached hydrogen (secondary N) is 1. The molecule has 0 bridgehead atoms. The van der Waals surface area contributed by atoms with Gasteiger partial charge in [0.05, 0.1) is 16.9 Å². The van der Waals surface area contributed by atoms with E-state index in [1.807, 2.05) is 6.07 Å². The van der Waals surface area contributed by atoms with E-state index in [1.165, 1.54) is 18.3 Å². The Labute approximate surface area is 159 Å². The van der Waals surface area contributed by atoms with Gasteiger partial charge in [0, 0.05) is 30.4 Å². The second-order valence-electron chi connectivity index (χ2n) is 6.10. The summed E-state index contributed by atoms with van der Waals surface area (Å²) in [6, 6.07) is 7.87. The second kappa shape index (κ2) is 8.04. The molecule has 0 saturated carbocycles. The normalized spacial score (nSPS) is 14.3. The summed E-state index contributed by atoms with van der Waals surface area (Å²) in [5.41, 5.74) is 1.65. The van der Waals surface area contributed by atoms with Gasteiger partial charge in [-0.3, -0.25) is 4.79 Å². The van der Waals surface area contributed by atoms with Crippen molar-refractivity contribution in [2.45, 2.75) is 19.0 Å². The Bertz CT molecular complexity index is 806. The molecule has 0 radical (unpaired) electrons. The molecule has 0 spiro atoms. The summed E-state index contributed by atoms with van der Waals surface area (Å²) in [7, 11) is 0. The highest BCUT2D eigenvalue weighted by Gasteiger charge is 2.28. The fourth-order valence-electron chi connectivity index (χ4n) is 2.79. The van der Waals surface area contributed by atoms with Crippen molar-refractivity contribution in [3.8, 4) is 5.88 Å². The smallest absolute Gasteiger partial charge is 0.422 e. The zero-order valence-corrected chi connectivity index (χ0v) is 15.0. The van der Waals surface area contributed by atoms with E-state index < -0.39 is 18.7 Å². The molecular formula is C18H17ClF3N3O2. The first kappa shape index (κ1) is 19.3. The largest absolute Gasteiger partial charge is 0.468 e. The van der Waals surface area contributed by atoms with E-state index >= 15 is 0 Å². The molecular weight excluding hydrogens is 383 g/mol. The number of carbonyl (C=O) groups excluding carboxylic acids is 1. The molecule has 0 aliphatic carbocycles.